The fourth-order valence-electron chi connectivity index (χ4n) is 2.55. The van der Waals surface area contributed by atoms with Gasteiger partial charge in [0.1, 0.15) is 5.82 Å². The molecule has 0 unspecified atom stereocenters. The van der Waals surface area contributed by atoms with Gasteiger partial charge in [0.15, 0.2) is 16.7 Å². The van der Waals surface area contributed by atoms with Crippen molar-refractivity contribution in [2.24, 2.45) is 4.40 Å². The maximum atomic E-state index is 13.1. The topological polar surface area (TPSA) is 96.3 Å². The molecule has 0 bridgehead atoms. The van der Waals surface area contributed by atoms with E-state index in [0.717, 1.165) is 36.0 Å². The summed E-state index contributed by atoms with van der Waals surface area (Å²) in [6, 6.07) is 8.87. The van der Waals surface area contributed by atoms with Crippen molar-refractivity contribution in [1.29, 1.82) is 0 Å². The van der Waals surface area contributed by atoms with Crippen molar-refractivity contribution in [3.05, 3.63) is 58.8 Å². The van der Waals surface area contributed by atoms with Crippen LogP contribution in [0, 0.1) is 5.82 Å². The predicted octanol–water partition coefficient (Wildman–Crippen LogP) is 3.22. The Bertz CT molecular complexity index is 1110. The van der Waals surface area contributed by atoms with Crippen LogP contribution in [0.4, 0.5) is 4.39 Å². The normalized spacial score (nSPS) is 17.3. The lowest BCUT2D eigenvalue weighted by molar-refractivity contribution is -0.122. The Morgan fingerprint density at radius 2 is 1.93 bits per heavy atom. The number of hydrogen-bond donors (Lipinski definition) is 1. The fourth-order valence-corrected chi connectivity index (χ4v) is 4.80. The molecule has 1 aliphatic heterocycles. The third-order valence-electron chi connectivity index (χ3n) is 4.02. The fraction of sp³-hybridized carbons (Fsp3) is 0.158. The molecule has 1 fully saturated rings. The third-order valence-corrected chi connectivity index (χ3v) is 6.42. The number of ether oxygens (including phenoxy) is 1. The number of methoxy groups -OCH3 is 1. The number of halogens is 1. The molecule has 0 aliphatic carbocycles. The lowest BCUT2D eigenvalue weighted by atomic mass is 10.2. The number of nitrogens with zero attached hydrogens (tertiary/aromatic N) is 2. The number of rotatable bonds is 5. The summed E-state index contributed by atoms with van der Waals surface area (Å²) in [6.07, 6.45) is 1.56. The van der Waals surface area contributed by atoms with Gasteiger partial charge in [-0.15, -0.1) is 4.40 Å². The number of aromatic hydroxyl groups is 1. The minimum Gasteiger partial charge on any atom is -0.504 e. The van der Waals surface area contributed by atoms with E-state index >= 15 is 0 Å². The van der Waals surface area contributed by atoms with Crippen LogP contribution in [0.3, 0.4) is 0 Å². The molecule has 29 heavy (non-hydrogen) atoms. The largest absolute Gasteiger partial charge is 0.504 e. The number of carbonyl (C=O) groups is 1. The van der Waals surface area contributed by atoms with E-state index in [0.29, 0.717) is 5.56 Å². The first-order valence-electron chi connectivity index (χ1n) is 8.44. The molecule has 3 rings (SSSR count). The van der Waals surface area contributed by atoms with Crippen LogP contribution < -0.4 is 4.74 Å². The van der Waals surface area contributed by atoms with Crippen LogP contribution in [-0.2, 0) is 14.8 Å². The summed E-state index contributed by atoms with van der Waals surface area (Å²) in [6.45, 7) is 1.92. The summed E-state index contributed by atoms with van der Waals surface area (Å²) in [7, 11) is -2.71. The molecular formula is C19H17FN2O5S2. The zero-order valence-electron chi connectivity index (χ0n) is 15.5. The van der Waals surface area contributed by atoms with Gasteiger partial charge < -0.3 is 9.84 Å². The second-order valence-electron chi connectivity index (χ2n) is 5.89. The van der Waals surface area contributed by atoms with Gasteiger partial charge in [0.2, 0.25) is 0 Å². The third kappa shape index (κ3) is 4.43. The summed E-state index contributed by atoms with van der Waals surface area (Å²) < 4.78 is 47.0. The van der Waals surface area contributed by atoms with Crippen molar-refractivity contribution in [2.45, 2.75) is 11.8 Å². The van der Waals surface area contributed by atoms with E-state index in [4.69, 9.17) is 4.74 Å². The van der Waals surface area contributed by atoms with Crippen molar-refractivity contribution in [3.8, 4) is 11.5 Å². The highest BCUT2D eigenvalue weighted by molar-refractivity contribution is 8.19. The average Bonchev–Trinajstić information content (AvgIpc) is 2.97. The van der Waals surface area contributed by atoms with Crippen LogP contribution in [0.25, 0.3) is 6.08 Å². The van der Waals surface area contributed by atoms with Crippen LogP contribution in [-0.4, -0.2) is 43.2 Å². The highest BCUT2D eigenvalue weighted by Crippen LogP contribution is 2.35. The Balaban J connectivity index is 1.96. The number of benzene rings is 2. The van der Waals surface area contributed by atoms with E-state index in [9.17, 15) is 22.7 Å². The van der Waals surface area contributed by atoms with Crippen molar-refractivity contribution in [1.82, 2.24) is 4.90 Å². The van der Waals surface area contributed by atoms with E-state index in [1.165, 1.54) is 18.1 Å². The molecule has 7 nitrogen and oxygen atoms in total. The van der Waals surface area contributed by atoms with E-state index in [-0.39, 0.29) is 33.0 Å². The summed E-state index contributed by atoms with van der Waals surface area (Å²) in [5.41, 5.74) is 0.592. The van der Waals surface area contributed by atoms with Crippen LogP contribution in [0.2, 0.25) is 0 Å². The number of amidine groups is 1. The Labute approximate surface area is 171 Å². The van der Waals surface area contributed by atoms with Crippen molar-refractivity contribution in [2.75, 3.05) is 13.7 Å². The molecule has 0 aromatic heterocycles. The lowest BCUT2D eigenvalue weighted by Gasteiger charge is -2.11. The number of sulfonamides is 1. The van der Waals surface area contributed by atoms with Gasteiger partial charge in [-0.3, -0.25) is 9.69 Å². The number of hydrogen-bond acceptors (Lipinski definition) is 6. The highest BCUT2D eigenvalue weighted by atomic mass is 32.2. The summed E-state index contributed by atoms with van der Waals surface area (Å²) in [5, 5.41) is 9.70. The second kappa shape index (κ2) is 8.26. The standard InChI is InChI=1S/C19H17FN2O5S2/c1-3-22-18(24)17(11-12-4-9-15(23)16(10-12)27-2)28-19(22)21-29(25,26)14-7-5-13(20)6-8-14/h4-11,23H,3H2,1-2H3/b17-11-,21-19+. The van der Waals surface area contributed by atoms with Crippen LogP contribution in [0.1, 0.15) is 12.5 Å². The molecule has 1 N–H and O–H groups in total. The first-order valence-corrected chi connectivity index (χ1v) is 10.7. The van der Waals surface area contributed by atoms with Crippen LogP contribution in [0.15, 0.2) is 56.7 Å². The summed E-state index contributed by atoms with van der Waals surface area (Å²) in [5.74, 6) is -0.748. The highest BCUT2D eigenvalue weighted by Gasteiger charge is 2.34. The molecule has 1 heterocycles. The van der Waals surface area contributed by atoms with Crippen LogP contribution in [0.5, 0.6) is 11.5 Å². The molecular weight excluding hydrogens is 419 g/mol. The molecule has 0 radical (unpaired) electrons. The van der Waals surface area contributed by atoms with Gasteiger partial charge in [0.25, 0.3) is 15.9 Å². The number of thioether (sulfide) groups is 1. The number of phenols is 1. The lowest BCUT2D eigenvalue weighted by Crippen LogP contribution is -2.29. The van der Waals surface area contributed by atoms with E-state index in [2.05, 4.69) is 4.40 Å². The molecule has 1 saturated heterocycles. The Morgan fingerprint density at radius 3 is 2.55 bits per heavy atom. The van der Waals surface area contributed by atoms with Gasteiger partial charge >= 0.3 is 0 Å². The monoisotopic (exact) mass is 436 g/mol. The van der Waals surface area contributed by atoms with Crippen LogP contribution >= 0.6 is 11.8 Å². The molecule has 0 atom stereocenters. The van der Waals surface area contributed by atoms with Gasteiger partial charge in [0.05, 0.1) is 16.9 Å². The van der Waals surface area contributed by atoms with E-state index < -0.39 is 21.7 Å². The van der Waals surface area contributed by atoms with Gasteiger partial charge in [0, 0.05) is 6.54 Å². The molecule has 2 aromatic rings. The summed E-state index contributed by atoms with van der Waals surface area (Å²) in [4.78, 5) is 14.0. The van der Waals surface area contributed by atoms with Gasteiger partial charge in [-0.05, 0) is 66.7 Å². The molecule has 0 spiro atoms. The Hall–Kier alpha value is -2.85. The zero-order chi connectivity index (χ0) is 21.2. The quantitative estimate of drug-likeness (QED) is 0.723. The predicted molar refractivity (Wildman–Crippen MR) is 109 cm³/mol. The molecule has 0 saturated carbocycles. The molecule has 1 aliphatic rings. The Morgan fingerprint density at radius 1 is 1.24 bits per heavy atom. The number of phenolic OH excluding ortho intramolecular Hbond substituents is 1. The summed E-state index contributed by atoms with van der Waals surface area (Å²) >= 11 is 0.920. The van der Waals surface area contributed by atoms with Gasteiger partial charge in [-0.25, -0.2) is 4.39 Å². The number of carbonyl (C=O) groups excluding carboxylic acids is 1. The number of likely N-dealkylation sites (N-methyl/N-ethyl adjacent to an activating group) is 1. The minimum atomic E-state index is -4.11. The zero-order valence-corrected chi connectivity index (χ0v) is 17.1. The maximum Gasteiger partial charge on any atom is 0.284 e. The smallest absolute Gasteiger partial charge is 0.284 e. The van der Waals surface area contributed by atoms with Gasteiger partial charge in [-0.2, -0.15) is 8.42 Å². The first-order chi connectivity index (χ1) is 13.7. The van der Waals surface area contributed by atoms with Crippen molar-refractivity contribution >= 4 is 38.9 Å². The first kappa shape index (κ1) is 20.9. The molecule has 152 valence electrons. The number of amides is 1. The van der Waals surface area contributed by atoms with E-state index in [1.54, 1.807) is 25.1 Å². The Kier molecular flexibility index (Phi) is 5.94. The van der Waals surface area contributed by atoms with E-state index in [1.807, 2.05) is 0 Å². The van der Waals surface area contributed by atoms with Crippen molar-refractivity contribution in [3.63, 3.8) is 0 Å². The average molecular weight is 436 g/mol. The maximum absolute atomic E-state index is 13.1. The minimum absolute atomic E-state index is 0.0128. The van der Waals surface area contributed by atoms with Crippen molar-refractivity contribution < 1.29 is 27.4 Å². The molecule has 2 aromatic carbocycles. The molecule has 10 heteroatoms. The second-order valence-corrected chi connectivity index (χ2v) is 8.51. The molecule has 1 amide bonds. The SMILES string of the molecule is CCN1C(=O)/C(=C/c2ccc(O)c(OC)c2)S/C1=N/S(=O)(=O)c1ccc(F)cc1. The van der Waals surface area contributed by atoms with Gasteiger partial charge in [-0.1, -0.05) is 6.07 Å².